The molecule has 0 aromatic carbocycles. The predicted octanol–water partition coefficient (Wildman–Crippen LogP) is -1.40. The fourth-order valence-corrected chi connectivity index (χ4v) is 0.552. The van der Waals surface area contributed by atoms with Gasteiger partial charge in [0.05, 0.1) is 12.5 Å². The number of carboxylic acids is 1. The van der Waals surface area contributed by atoms with Gasteiger partial charge in [0.2, 0.25) is 5.91 Å². The standard InChI is InChI=1S/C6H11NO3/c1-3-5(8)7(2)4-6(9)10/h3-4H2,1-2H3,(H,9,10)/p-1. The molecule has 0 atom stereocenters. The van der Waals surface area contributed by atoms with Crippen LogP contribution in [0.2, 0.25) is 0 Å². The molecular weight excluding hydrogens is 134 g/mol. The second-order valence-corrected chi connectivity index (χ2v) is 1.98. The average molecular weight is 144 g/mol. The Kier molecular flexibility index (Phi) is 3.46. The Balaban J connectivity index is 3.72. The van der Waals surface area contributed by atoms with Gasteiger partial charge in [0, 0.05) is 13.5 Å². The number of nitrogens with zero attached hydrogens (tertiary/aromatic N) is 1. The lowest BCUT2D eigenvalue weighted by Gasteiger charge is -2.15. The van der Waals surface area contributed by atoms with Crippen molar-refractivity contribution in [2.24, 2.45) is 0 Å². The highest BCUT2D eigenvalue weighted by atomic mass is 16.4. The minimum atomic E-state index is -1.23. The molecule has 0 radical (unpaired) electrons. The zero-order chi connectivity index (χ0) is 8.15. The van der Waals surface area contributed by atoms with Gasteiger partial charge in [0.15, 0.2) is 0 Å². The quantitative estimate of drug-likeness (QED) is 0.489. The second-order valence-electron chi connectivity index (χ2n) is 1.98. The van der Waals surface area contributed by atoms with E-state index in [-0.39, 0.29) is 12.5 Å². The SMILES string of the molecule is CCC(=O)N(C)CC(=O)[O-]. The number of aliphatic carboxylic acids is 1. The van der Waals surface area contributed by atoms with Crippen LogP contribution in [0.3, 0.4) is 0 Å². The largest absolute Gasteiger partial charge is 0.548 e. The smallest absolute Gasteiger partial charge is 0.222 e. The summed E-state index contributed by atoms with van der Waals surface area (Å²) in [5.74, 6) is -1.42. The number of carbonyl (C=O) groups excluding carboxylic acids is 2. The van der Waals surface area contributed by atoms with Crippen molar-refractivity contribution >= 4 is 11.9 Å². The molecule has 0 aromatic rings. The van der Waals surface area contributed by atoms with E-state index in [0.29, 0.717) is 6.42 Å². The number of rotatable bonds is 3. The molecule has 0 unspecified atom stereocenters. The number of hydrogen-bond acceptors (Lipinski definition) is 3. The van der Waals surface area contributed by atoms with Crippen LogP contribution in [0.1, 0.15) is 13.3 Å². The minimum absolute atomic E-state index is 0.191. The number of likely N-dealkylation sites (N-methyl/N-ethyl adjacent to an activating group) is 1. The van der Waals surface area contributed by atoms with Crippen LogP contribution in [0.15, 0.2) is 0 Å². The van der Waals surface area contributed by atoms with Gasteiger partial charge < -0.3 is 14.8 Å². The van der Waals surface area contributed by atoms with Gasteiger partial charge in [0.1, 0.15) is 0 Å². The van der Waals surface area contributed by atoms with E-state index in [1.54, 1.807) is 6.92 Å². The van der Waals surface area contributed by atoms with E-state index in [0.717, 1.165) is 4.90 Å². The van der Waals surface area contributed by atoms with Gasteiger partial charge in [-0.25, -0.2) is 0 Å². The molecule has 0 saturated carbocycles. The van der Waals surface area contributed by atoms with Gasteiger partial charge in [-0.2, -0.15) is 0 Å². The summed E-state index contributed by atoms with van der Waals surface area (Å²) in [7, 11) is 1.43. The van der Waals surface area contributed by atoms with E-state index in [4.69, 9.17) is 0 Å². The van der Waals surface area contributed by atoms with Crippen LogP contribution in [0.4, 0.5) is 0 Å². The van der Waals surface area contributed by atoms with Crippen LogP contribution >= 0.6 is 0 Å². The van der Waals surface area contributed by atoms with E-state index in [1.165, 1.54) is 7.05 Å². The first-order chi connectivity index (χ1) is 4.57. The third-order valence-corrected chi connectivity index (χ3v) is 1.09. The molecule has 0 saturated heterocycles. The molecule has 0 heterocycles. The summed E-state index contributed by atoms with van der Waals surface area (Å²) >= 11 is 0. The summed E-state index contributed by atoms with van der Waals surface area (Å²) in [6, 6.07) is 0. The van der Waals surface area contributed by atoms with E-state index in [2.05, 4.69) is 0 Å². The van der Waals surface area contributed by atoms with E-state index < -0.39 is 5.97 Å². The van der Waals surface area contributed by atoms with Gasteiger partial charge in [-0.05, 0) is 0 Å². The third-order valence-electron chi connectivity index (χ3n) is 1.09. The van der Waals surface area contributed by atoms with Crippen molar-refractivity contribution in [3.8, 4) is 0 Å². The van der Waals surface area contributed by atoms with Crippen molar-refractivity contribution in [1.82, 2.24) is 4.90 Å². The number of carboxylic acid groups (broad SMARTS) is 1. The van der Waals surface area contributed by atoms with Crippen molar-refractivity contribution in [3.05, 3.63) is 0 Å². The Morgan fingerprint density at radius 3 is 2.30 bits per heavy atom. The molecule has 0 spiro atoms. The van der Waals surface area contributed by atoms with Crippen LogP contribution in [-0.4, -0.2) is 30.4 Å². The maximum atomic E-state index is 10.7. The van der Waals surface area contributed by atoms with Crippen LogP contribution in [-0.2, 0) is 9.59 Å². The fourth-order valence-electron chi connectivity index (χ4n) is 0.552. The zero-order valence-electron chi connectivity index (χ0n) is 6.09. The van der Waals surface area contributed by atoms with Crippen molar-refractivity contribution in [2.75, 3.05) is 13.6 Å². The van der Waals surface area contributed by atoms with Crippen molar-refractivity contribution in [1.29, 1.82) is 0 Å². The third kappa shape index (κ3) is 3.06. The summed E-state index contributed by atoms with van der Waals surface area (Å²) in [4.78, 5) is 21.7. The van der Waals surface area contributed by atoms with Gasteiger partial charge in [-0.1, -0.05) is 6.92 Å². The molecule has 58 valence electrons. The molecule has 10 heavy (non-hydrogen) atoms. The number of hydrogen-bond donors (Lipinski definition) is 0. The topological polar surface area (TPSA) is 60.4 Å². The molecule has 1 amide bonds. The maximum absolute atomic E-state index is 10.7. The summed E-state index contributed by atoms with van der Waals surface area (Å²) in [6.07, 6.45) is 0.323. The lowest BCUT2D eigenvalue weighted by molar-refractivity contribution is -0.305. The lowest BCUT2D eigenvalue weighted by atomic mass is 10.4. The first-order valence-corrected chi connectivity index (χ1v) is 3.01. The molecule has 0 aliphatic rings. The molecule has 4 nitrogen and oxygen atoms in total. The predicted molar refractivity (Wildman–Crippen MR) is 32.9 cm³/mol. The Morgan fingerprint density at radius 2 is 2.00 bits per heavy atom. The Hall–Kier alpha value is -1.06. The summed E-state index contributed by atoms with van der Waals surface area (Å²) in [5.41, 5.74) is 0. The van der Waals surface area contributed by atoms with Crippen molar-refractivity contribution < 1.29 is 14.7 Å². The Labute approximate surface area is 59.4 Å². The fraction of sp³-hybridized carbons (Fsp3) is 0.667. The monoisotopic (exact) mass is 144 g/mol. The normalized spacial score (nSPS) is 9.00. The van der Waals surface area contributed by atoms with Gasteiger partial charge in [0.25, 0.3) is 0 Å². The Bertz CT molecular complexity index is 144. The number of carbonyl (C=O) groups is 2. The lowest BCUT2D eigenvalue weighted by Crippen LogP contribution is -2.38. The average Bonchev–Trinajstić information content (AvgIpc) is 1.85. The van der Waals surface area contributed by atoms with E-state index in [9.17, 15) is 14.7 Å². The highest BCUT2D eigenvalue weighted by molar-refractivity contribution is 5.80. The molecule has 0 aromatic heterocycles. The zero-order valence-corrected chi connectivity index (χ0v) is 6.09. The van der Waals surface area contributed by atoms with E-state index in [1.807, 2.05) is 0 Å². The molecule has 0 rings (SSSR count). The summed E-state index contributed by atoms with van der Waals surface area (Å²) in [5, 5.41) is 9.93. The van der Waals surface area contributed by atoms with Gasteiger partial charge in [-0.3, -0.25) is 4.79 Å². The van der Waals surface area contributed by atoms with Crippen LogP contribution in [0.25, 0.3) is 0 Å². The molecule has 0 bridgehead atoms. The molecule has 0 aliphatic carbocycles. The first-order valence-electron chi connectivity index (χ1n) is 3.01. The minimum Gasteiger partial charge on any atom is -0.548 e. The van der Waals surface area contributed by atoms with E-state index >= 15 is 0 Å². The van der Waals surface area contributed by atoms with Crippen molar-refractivity contribution in [3.63, 3.8) is 0 Å². The summed E-state index contributed by atoms with van der Waals surface area (Å²) < 4.78 is 0. The van der Waals surface area contributed by atoms with Crippen LogP contribution in [0.5, 0.6) is 0 Å². The summed E-state index contributed by atoms with van der Waals surface area (Å²) in [6.45, 7) is 1.35. The van der Waals surface area contributed by atoms with Gasteiger partial charge in [-0.15, -0.1) is 0 Å². The van der Waals surface area contributed by atoms with Crippen molar-refractivity contribution in [2.45, 2.75) is 13.3 Å². The highest BCUT2D eigenvalue weighted by Gasteiger charge is 2.03. The molecule has 0 fully saturated rings. The van der Waals surface area contributed by atoms with Gasteiger partial charge >= 0.3 is 0 Å². The van der Waals surface area contributed by atoms with Crippen LogP contribution in [0, 0.1) is 0 Å². The molecule has 0 aliphatic heterocycles. The second kappa shape index (κ2) is 3.87. The molecule has 0 N–H and O–H groups in total. The maximum Gasteiger partial charge on any atom is 0.222 e. The highest BCUT2D eigenvalue weighted by Crippen LogP contribution is 1.86. The van der Waals surface area contributed by atoms with Crippen LogP contribution < -0.4 is 5.11 Å². The number of amides is 1. The first kappa shape index (κ1) is 8.94. The molecular formula is C6H10NO3-. The Morgan fingerprint density at radius 1 is 1.50 bits per heavy atom. The molecule has 4 heteroatoms.